The van der Waals surface area contributed by atoms with Gasteiger partial charge in [0.25, 0.3) is 0 Å². The van der Waals surface area contributed by atoms with Gasteiger partial charge in [-0.2, -0.15) is 0 Å². The zero-order chi connectivity index (χ0) is 9.80. The standard InChI is InChI=1S/C14H19/c1-12(13-8-4-2-5-9-13)14-10-6-3-7-11-14/h2,4-5,8-9,12,14H,1,3,6-7,10-11H2. The van der Waals surface area contributed by atoms with Gasteiger partial charge in [-0.15, -0.1) is 0 Å². The van der Waals surface area contributed by atoms with Gasteiger partial charge in [0.05, 0.1) is 0 Å². The fraction of sp³-hybridized carbons (Fsp3) is 0.500. The molecule has 1 atom stereocenters. The van der Waals surface area contributed by atoms with E-state index in [-0.39, 0.29) is 0 Å². The average molecular weight is 187 g/mol. The molecule has 1 aromatic carbocycles. The highest BCUT2D eigenvalue weighted by Crippen LogP contribution is 2.35. The van der Waals surface area contributed by atoms with Gasteiger partial charge >= 0.3 is 0 Å². The van der Waals surface area contributed by atoms with Crippen LogP contribution < -0.4 is 0 Å². The van der Waals surface area contributed by atoms with Crippen LogP contribution in [0.4, 0.5) is 0 Å². The van der Waals surface area contributed by atoms with Crippen LogP contribution in [0.15, 0.2) is 30.3 Å². The second-order valence-corrected chi connectivity index (χ2v) is 4.42. The topological polar surface area (TPSA) is 0 Å². The molecule has 0 saturated heterocycles. The molecular weight excluding hydrogens is 168 g/mol. The average Bonchev–Trinajstić information content (AvgIpc) is 2.30. The van der Waals surface area contributed by atoms with E-state index in [4.69, 9.17) is 0 Å². The predicted molar refractivity (Wildman–Crippen MR) is 61.1 cm³/mol. The third-order valence-corrected chi connectivity index (χ3v) is 3.45. The Hall–Kier alpha value is -0.780. The van der Waals surface area contributed by atoms with Gasteiger partial charge in [-0.25, -0.2) is 0 Å². The van der Waals surface area contributed by atoms with Crippen LogP contribution in [0.5, 0.6) is 0 Å². The SMILES string of the molecule is [CH2]C(c1ccccc1)C1CCCCC1. The van der Waals surface area contributed by atoms with Crippen LogP contribution in [0.2, 0.25) is 0 Å². The van der Waals surface area contributed by atoms with Crippen molar-refractivity contribution in [2.45, 2.75) is 38.0 Å². The first-order valence-corrected chi connectivity index (χ1v) is 5.76. The Morgan fingerprint density at radius 2 is 1.64 bits per heavy atom. The van der Waals surface area contributed by atoms with Crippen molar-refractivity contribution in [2.24, 2.45) is 5.92 Å². The quantitative estimate of drug-likeness (QED) is 0.651. The van der Waals surface area contributed by atoms with Crippen LogP contribution >= 0.6 is 0 Å². The maximum atomic E-state index is 4.33. The minimum atomic E-state index is 0.511. The normalized spacial score (nSPS) is 20.6. The van der Waals surface area contributed by atoms with Crippen molar-refractivity contribution in [1.29, 1.82) is 0 Å². The molecule has 2 rings (SSSR count). The van der Waals surface area contributed by atoms with Crippen LogP contribution in [0.25, 0.3) is 0 Å². The predicted octanol–water partition coefficient (Wildman–Crippen LogP) is 4.18. The Bertz CT molecular complexity index is 257. The fourth-order valence-electron chi connectivity index (χ4n) is 2.51. The second kappa shape index (κ2) is 4.63. The lowest BCUT2D eigenvalue weighted by molar-refractivity contribution is 0.331. The molecule has 1 radical (unpaired) electrons. The number of hydrogen-bond acceptors (Lipinski definition) is 0. The number of benzene rings is 1. The largest absolute Gasteiger partial charge is 0.0622 e. The molecule has 0 spiro atoms. The smallest absolute Gasteiger partial charge is 0.0133 e. The van der Waals surface area contributed by atoms with Crippen LogP contribution in [0.1, 0.15) is 43.6 Å². The van der Waals surface area contributed by atoms with Crippen LogP contribution in [0.3, 0.4) is 0 Å². The van der Waals surface area contributed by atoms with Gasteiger partial charge in [0.2, 0.25) is 0 Å². The molecule has 1 saturated carbocycles. The zero-order valence-electron chi connectivity index (χ0n) is 8.78. The first-order chi connectivity index (χ1) is 6.88. The van der Waals surface area contributed by atoms with Crippen LogP contribution in [0, 0.1) is 12.8 Å². The first-order valence-electron chi connectivity index (χ1n) is 5.76. The van der Waals surface area contributed by atoms with Crippen molar-refractivity contribution < 1.29 is 0 Å². The third-order valence-electron chi connectivity index (χ3n) is 3.45. The van der Waals surface area contributed by atoms with E-state index in [2.05, 4.69) is 37.3 Å². The molecule has 0 nitrogen and oxygen atoms in total. The summed E-state index contributed by atoms with van der Waals surface area (Å²) in [5.74, 6) is 1.34. The highest BCUT2D eigenvalue weighted by Gasteiger charge is 2.20. The van der Waals surface area contributed by atoms with Crippen molar-refractivity contribution in [2.75, 3.05) is 0 Å². The molecule has 0 bridgehead atoms. The number of rotatable bonds is 2. The minimum Gasteiger partial charge on any atom is -0.0622 e. The summed E-state index contributed by atoms with van der Waals surface area (Å²) in [6.07, 6.45) is 7.00. The summed E-state index contributed by atoms with van der Waals surface area (Å²) in [6, 6.07) is 10.8. The molecule has 1 fully saturated rings. The Labute approximate surface area is 87.3 Å². The molecule has 0 aromatic heterocycles. The van der Waals surface area contributed by atoms with Gasteiger partial charge in [-0.1, -0.05) is 49.6 Å². The Kier molecular flexibility index (Phi) is 3.23. The molecule has 0 N–H and O–H groups in total. The molecule has 1 unspecified atom stereocenters. The second-order valence-electron chi connectivity index (χ2n) is 4.42. The molecule has 1 aliphatic rings. The third kappa shape index (κ3) is 2.17. The summed E-state index contributed by atoms with van der Waals surface area (Å²) < 4.78 is 0. The lowest BCUT2D eigenvalue weighted by Gasteiger charge is -2.27. The monoisotopic (exact) mass is 187 g/mol. The summed E-state index contributed by atoms with van der Waals surface area (Å²) in [7, 11) is 0. The van der Waals surface area contributed by atoms with Crippen molar-refractivity contribution in [1.82, 2.24) is 0 Å². The van der Waals surface area contributed by atoms with Crippen molar-refractivity contribution in [3.8, 4) is 0 Å². The van der Waals surface area contributed by atoms with E-state index in [1.807, 2.05) is 0 Å². The fourth-order valence-corrected chi connectivity index (χ4v) is 2.51. The maximum Gasteiger partial charge on any atom is -0.0133 e. The summed E-state index contributed by atoms with van der Waals surface area (Å²) in [5.41, 5.74) is 1.42. The van der Waals surface area contributed by atoms with Gasteiger partial charge in [0, 0.05) is 0 Å². The molecule has 1 aromatic rings. The van der Waals surface area contributed by atoms with Crippen LogP contribution in [-0.4, -0.2) is 0 Å². The molecule has 1 aliphatic carbocycles. The Balaban J connectivity index is 2.03. The molecule has 0 aliphatic heterocycles. The summed E-state index contributed by atoms with van der Waals surface area (Å²) >= 11 is 0. The van der Waals surface area contributed by atoms with E-state index < -0.39 is 0 Å². The van der Waals surface area contributed by atoms with E-state index in [0.29, 0.717) is 5.92 Å². The Morgan fingerprint density at radius 3 is 2.29 bits per heavy atom. The molecule has 0 amide bonds. The molecule has 14 heavy (non-hydrogen) atoms. The minimum absolute atomic E-state index is 0.511. The van der Waals surface area contributed by atoms with E-state index >= 15 is 0 Å². The van der Waals surface area contributed by atoms with Gasteiger partial charge in [-0.05, 0) is 37.2 Å². The molecule has 75 valence electrons. The van der Waals surface area contributed by atoms with Crippen molar-refractivity contribution in [3.05, 3.63) is 42.8 Å². The van der Waals surface area contributed by atoms with E-state index in [0.717, 1.165) is 5.92 Å². The number of hydrogen-bond donors (Lipinski definition) is 0. The van der Waals surface area contributed by atoms with Gasteiger partial charge in [0.1, 0.15) is 0 Å². The van der Waals surface area contributed by atoms with Crippen molar-refractivity contribution >= 4 is 0 Å². The van der Waals surface area contributed by atoms with Gasteiger partial charge in [-0.3, -0.25) is 0 Å². The first kappa shape index (κ1) is 9.76. The van der Waals surface area contributed by atoms with E-state index in [1.54, 1.807) is 0 Å². The lowest BCUT2D eigenvalue weighted by Crippen LogP contribution is -2.13. The Morgan fingerprint density at radius 1 is 1.00 bits per heavy atom. The highest BCUT2D eigenvalue weighted by atomic mass is 14.3. The van der Waals surface area contributed by atoms with E-state index in [1.165, 1.54) is 37.7 Å². The summed E-state index contributed by atoms with van der Waals surface area (Å²) in [5, 5.41) is 0. The van der Waals surface area contributed by atoms with Crippen LogP contribution in [-0.2, 0) is 0 Å². The van der Waals surface area contributed by atoms with E-state index in [9.17, 15) is 0 Å². The molecule has 0 heterocycles. The highest BCUT2D eigenvalue weighted by molar-refractivity contribution is 5.21. The van der Waals surface area contributed by atoms with Gasteiger partial charge < -0.3 is 0 Å². The summed E-state index contributed by atoms with van der Waals surface area (Å²) in [6.45, 7) is 4.33. The van der Waals surface area contributed by atoms with Gasteiger partial charge in [0.15, 0.2) is 0 Å². The summed E-state index contributed by atoms with van der Waals surface area (Å²) in [4.78, 5) is 0. The van der Waals surface area contributed by atoms with Crippen molar-refractivity contribution in [3.63, 3.8) is 0 Å². The lowest BCUT2D eigenvalue weighted by atomic mass is 9.78. The maximum absolute atomic E-state index is 4.33. The molecule has 0 heteroatoms. The zero-order valence-corrected chi connectivity index (χ0v) is 8.78. The molecular formula is C14H19.